The van der Waals surface area contributed by atoms with Crippen molar-refractivity contribution in [3.63, 3.8) is 0 Å². The van der Waals surface area contributed by atoms with Gasteiger partial charge in [-0.1, -0.05) is 67.2 Å². The zero-order valence-electron chi connectivity index (χ0n) is 21.8. The summed E-state index contributed by atoms with van der Waals surface area (Å²) in [6, 6.07) is 31.2. The average Bonchev–Trinajstić information content (AvgIpc) is 3.29. The minimum atomic E-state index is -0.444. The van der Waals surface area contributed by atoms with E-state index in [1.165, 1.54) is 22.7 Å². The maximum Gasteiger partial charge on any atom is 0.266 e. The molecule has 0 radical (unpaired) electrons. The van der Waals surface area contributed by atoms with Crippen LogP contribution in [0.25, 0.3) is 38.4 Å². The first-order valence-electron chi connectivity index (χ1n) is 13.1. The van der Waals surface area contributed by atoms with Crippen LogP contribution in [0.1, 0.15) is 20.3 Å². The third kappa shape index (κ3) is 4.49. The Morgan fingerprint density at radius 2 is 1.54 bits per heavy atom. The molecule has 2 heterocycles. The number of aromatic nitrogens is 3. The van der Waals surface area contributed by atoms with Crippen molar-refractivity contribution in [2.45, 2.75) is 37.2 Å². The van der Waals surface area contributed by atoms with Gasteiger partial charge < -0.3 is 9.88 Å². The summed E-state index contributed by atoms with van der Waals surface area (Å²) >= 11 is 1.32. The maximum atomic E-state index is 13.6. The molecule has 1 N–H and O–H groups in total. The summed E-state index contributed by atoms with van der Waals surface area (Å²) in [4.78, 5) is 31.9. The number of aryl methyl sites for hydroxylation is 1. The highest BCUT2D eigenvalue weighted by molar-refractivity contribution is 8.00. The second-order valence-electron chi connectivity index (χ2n) is 9.38. The van der Waals surface area contributed by atoms with Gasteiger partial charge in [-0.25, -0.2) is 4.98 Å². The average molecular weight is 533 g/mol. The van der Waals surface area contributed by atoms with E-state index in [0.717, 1.165) is 28.8 Å². The van der Waals surface area contributed by atoms with Crippen molar-refractivity contribution in [2.75, 3.05) is 5.32 Å². The van der Waals surface area contributed by atoms with Crippen LogP contribution in [0.3, 0.4) is 0 Å². The van der Waals surface area contributed by atoms with E-state index in [-0.39, 0.29) is 11.5 Å². The van der Waals surface area contributed by atoms with E-state index in [9.17, 15) is 9.59 Å². The van der Waals surface area contributed by atoms with Crippen LogP contribution in [0, 0.1) is 0 Å². The Morgan fingerprint density at radius 1 is 0.846 bits per heavy atom. The lowest BCUT2D eigenvalue weighted by Crippen LogP contribution is -2.27. The number of nitrogens with zero attached hydrogens (tertiary/aromatic N) is 3. The first kappa shape index (κ1) is 24.9. The summed E-state index contributed by atoms with van der Waals surface area (Å²) in [5, 5.41) is 6.00. The zero-order chi connectivity index (χ0) is 26.9. The molecule has 194 valence electrons. The quantitative estimate of drug-likeness (QED) is 0.177. The molecule has 1 unspecified atom stereocenters. The maximum absolute atomic E-state index is 13.6. The van der Waals surface area contributed by atoms with Gasteiger partial charge in [0.25, 0.3) is 5.56 Å². The van der Waals surface area contributed by atoms with Gasteiger partial charge in [0.2, 0.25) is 5.91 Å². The summed E-state index contributed by atoms with van der Waals surface area (Å²) in [5.74, 6) is -0.122. The van der Waals surface area contributed by atoms with Crippen molar-refractivity contribution in [1.82, 2.24) is 14.1 Å². The monoisotopic (exact) mass is 532 g/mol. The molecule has 1 amide bonds. The standard InChI is InChI=1S/C32H28N4O2S/c1-3-29(30(37)33-21-18-19-28-25(20-21)23-14-9-11-17-27(23)35(28)4-2)39-32-34-26-16-10-8-15-24(26)31(38)36(32)22-12-6-5-7-13-22/h5-20,29H,3-4H2,1-2H3,(H,33,37). The molecule has 6 aromatic rings. The molecule has 1 atom stereocenters. The van der Waals surface area contributed by atoms with Gasteiger partial charge >= 0.3 is 0 Å². The molecule has 2 aromatic heterocycles. The Bertz CT molecular complexity index is 1890. The summed E-state index contributed by atoms with van der Waals surface area (Å²) in [7, 11) is 0. The van der Waals surface area contributed by atoms with Gasteiger partial charge in [0.15, 0.2) is 5.16 Å². The molecule has 0 fully saturated rings. The number of nitrogens with one attached hydrogen (secondary N) is 1. The number of benzene rings is 4. The molecule has 0 aliphatic rings. The summed E-state index contributed by atoms with van der Waals surface area (Å²) < 4.78 is 3.89. The van der Waals surface area contributed by atoms with E-state index in [2.05, 4.69) is 41.1 Å². The van der Waals surface area contributed by atoms with Gasteiger partial charge in [0.1, 0.15) is 0 Å². The van der Waals surface area contributed by atoms with E-state index < -0.39 is 5.25 Å². The third-order valence-corrected chi connectivity index (χ3v) is 8.34. The van der Waals surface area contributed by atoms with Gasteiger partial charge in [0.05, 0.1) is 21.8 Å². The van der Waals surface area contributed by atoms with Crippen LogP contribution in [0.2, 0.25) is 0 Å². The molecular weight excluding hydrogens is 504 g/mol. The first-order valence-corrected chi connectivity index (χ1v) is 14.0. The molecule has 39 heavy (non-hydrogen) atoms. The van der Waals surface area contributed by atoms with Crippen molar-refractivity contribution < 1.29 is 4.79 Å². The first-order chi connectivity index (χ1) is 19.1. The minimum Gasteiger partial charge on any atom is -0.341 e. The van der Waals surface area contributed by atoms with E-state index in [4.69, 9.17) is 4.98 Å². The van der Waals surface area contributed by atoms with Crippen LogP contribution in [0.5, 0.6) is 0 Å². The Kier molecular flexibility index (Phi) is 6.67. The van der Waals surface area contributed by atoms with Crippen LogP contribution < -0.4 is 10.9 Å². The van der Waals surface area contributed by atoms with Gasteiger partial charge in [-0.2, -0.15) is 0 Å². The largest absolute Gasteiger partial charge is 0.341 e. The Balaban J connectivity index is 1.35. The van der Waals surface area contributed by atoms with E-state index in [1.807, 2.05) is 73.7 Å². The summed E-state index contributed by atoms with van der Waals surface area (Å²) in [6.07, 6.45) is 0.575. The van der Waals surface area contributed by atoms with Crippen LogP contribution >= 0.6 is 11.8 Å². The lowest BCUT2D eigenvalue weighted by molar-refractivity contribution is -0.115. The highest BCUT2D eigenvalue weighted by atomic mass is 32.2. The molecule has 7 heteroatoms. The topological polar surface area (TPSA) is 68.9 Å². The van der Waals surface area contributed by atoms with Crippen molar-refractivity contribution in [2.24, 2.45) is 0 Å². The molecule has 0 spiro atoms. The molecule has 0 saturated heterocycles. The molecule has 6 nitrogen and oxygen atoms in total. The molecule has 0 saturated carbocycles. The number of carbonyl (C=O) groups is 1. The number of hydrogen-bond acceptors (Lipinski definition) is 4. The van der Waals surface area contributed by atoms with E-state index in [0.29, 0.717) is 22.5 Å². The third-order valence-electron chi connectivity index (χ3n) is 7.03. The Labute approximate surface area is 230 Å². The Morgan fingerprint density at radius 3 is 2.31 bits per heavy atom. The lowest BCUT2D eigenvalue weighted by atomic mass is 10.1. The number of thioether (sulfide) groups is 1. The number of para-hydroxylation sites is 3. The number of amides is 1. The van der Waals surface area contributed by atoms with Crippen LogP contribution in [-0.2, 0) is 11.3 Å². The fraction of sp³-hybridized carbons (Fsp3) is 0.156. The van der Waals surface area contributed by atoms with Crippen LogP contribution in [0.15, 0.2) is 107 Å². The van der Waals surface area contributed by atoms with Crippen molar-refractivity contribution in [1.29, 1.82) is 0 Å². The number of carbonyl (C=O) groups excluding carboxylic acids is 1. The van der Waals surface area contributed by atoms with Crippen LogP contribution in [-0.4, -0.2) is 25.3 Å². The molecule has 0 aliphatic carbocycles. The van der Waals surface area contributed by atoms with Gasteiger partial charge in [-0.15, -0.1) is 0 Å². The molecule has 4 aromatic carbocycles. The fourth-order valence-electron chi connectivity index (χ4n) is 5.14. The van der Waals surface area contributed by atoms with Crippen LogP contribution in [0.4, 0.5) is 5.69 Å². The highest BCUT2D eigenvalue weighted by Gasteiger charge is 2.23. The SMILES string of the molecule is CCC(Sc1nc2ccccc2c(=O)n1-c1ccccc1)C(=O)Nc1ccc2c(c1)c1ccccc1n2CC. The summed E-state index contributed by atoms with van der Waals surface area (Å²) in [6.45, 7) is 4.98. The van der Waals surface area contributed by atoms with Gasteiger partial charge in [0, 0.05) is 34.0 Å². The number of anilines is 1. The van der Waals surface area contributed by atoms with E-state index in [1.54, 1.807) is 10.6 Å². The van der Waals surface area contributed by atoms with Gasteiger partial charge in [-0.05, 0) is 61.9 Å². The Hall–Kier alpha value is -4.36. The van der Waals surface area contributed by atoms with Crippen molar-refractivity contribution in [3.05, 3.63) is 107 Å². The fourth-order valence-corrected chi connectivity index (χ4v) is 6.17. The number of fused-ring (bicyclic) bond motifs is 4. The number of hydrogen-bond donors (Lipinski definition) is 1. The predicted molar refractivity (Wildman–Crippen MR) is 161 cm³/mol. The second-order valence-corrected chi connectivity index (χ2v) is 10.6. The zero-order valence-corrected chi connectivity index (χ0v) is 22.6. The smallest absolute Gasteiger partial charge is 0.266 e. The van der Waals surface area contributed by atoms with Gasteiger partial charge in [-0.3, -0.25) is 14.2 Å². The molecular formula is C32H28N4O2S. The minimum absolute atomic E-state index is 0.122. The second kappa shape index (κ2) is 10.4. The molecule has 6 rings (SSSR count). The molecule has 0 bridgehead atoms. The van der Waals surface area contributed by atoms with Crippen molar-refractivity contribution in [3.8, 4) is 5.69 Å². The predicted octanol–water partition coefficient (Wildman–Crippen LogP) is 7.02. The normalized spacial score (nSPS) is 12.3. The lowest BCUT2D eigenvalue weighted by Gasteiger charge is -2.18. The molecule has 0 aliphatic heterocycles. The number of rotatable bonds is 7. The van der Waals surface area contributed by atoms with E-state index >= 15 is 0 Å². The summed E-state index contributed by atoms with van der Waals surface area (Å²) in [5.41, 5.74) is 4.26. The highest BCUT2D eigenvalue weighted by Crippen LogP contribution is 2.32. The van der Waals surface area contributed by atoms with Crippen molar-refractivity contribution >= 4 is 56.1 Å².